The van der Waals surface area contributed by atoms with Gasteiger partial charge in [-0.1, -0.05) is 28.9 Å². The molecule has 19 heavy (non-hydrogen) atoms. The fourth-order valence-corrected chi connectivity index (χ4v) is 2.24. The highest BCUT2D eigenvalue weighted by atomic mass is 35.5. The zero-order valence-electron chi connectivity index (χ0n) is 10.1. The lowest BCUT2D eigenvalue weighted by Crippen LogP contribution is -2.08. The van der Waals surface area contributed by atoms with Crippen LogP contribution in [-0.4, -0.2) is 26.1 Å². The summed E-state index contributed by atoms with van der Waals surface area (Å²) in [4.78, 5) is 11.1. The Kier molecular flexibility index (Phi) is 2.98. The van der Waals surface area contributed by atoms with Crippen LogP contribution in [0.5, 0.6) is 0 Å². The molecular weight excluding hydrogens is 266 g/mol. The van der Waals surface area contributed by atoms with Gasteiger partial charge in [-0.05, 0) is 30.5 Å². The van der Waals surface area contributed by atoms with Crippen LogP contribution in [0.15, 0.2) is 24.3 Å². The lowest BCUT2D eigenvalue weighted by atomic mass is 10.2. The van der Waals surface area contributed by atoms with Crippen LogP contribution in [0.1, 0.15) is 40.5 Å². The van der Waals surface area contributed by atoms with Crippen molar-refractivity contribution in [2.45, 2.75) is 25.3 Å². The summed E-state index contributed by atoms with van der Waals surface area (Å²) in [5.74, 6) is -0.724. The van der Waals surface area contributed by atoms with E-state index in [0.717, 1.165) is 24.1 Å². The van der Waals surface area contributed by atoms with Crippen LogP contribution in [0, 0.1) is 0 Å². The number of hydrogen-bond acceptors (Lipinski definition) is 3. The van der Waals surface area contributed by atoms with Crippen LogP contribution >= 0.6 is 11.6 Å². The number of halogens is 1. The maximum absolute atomic E-state index is 11.1. The summed E-state index contributed by atoms with van der Waals surface area (Å²) < 4.78 is 1.68. The number of carboxylic acid groups (broad SMARTS) is 1. The first-order valence-corrected chi connectivity index (χ1v) is 6.44. The van der Waals surface area contributed by atoms with E-state index in [1.54, 1.807) is 4.68 Å². The Hall–Kier alpha value is -1.88. The molecule has 2 aromatic rings. The Bertz CT molecular complexity index is 617. The Morgan fingerprint density at radius 1 is 1.37 bits per heavy atom. The average molecular weight is 278 g/mol. The van der Waals surface area contributed by atoms with Gasteiger partial charge in [-0.25, -0.2) is 9.48 Å². The standard InChI is InChI=1S/C13H12ClN3O2/c14-10-5-1-8(2-6-10)7-17-12(9-3-4-9)11(13(18)19)15-16-17/h1-2,5-6,9H,3-4,7H2,(H,18,19). The molecule has 1 aromatic carbocycles. The molecule has 1 fully saturated rings. The fourth-order valence-electron chi connectivity index (χ4n) is 2.11. The van der Waals surface area contributed by atoms with E-state index in [2.05, 4.69) is 10.3 Å². The van der Waals surface area contributed by atoms with Crippen LogP contribution in [0.3, 0.4) is 0 Å². The molecule has 5 nitrogen and oxygen atoms in total. The van der Waals surface area contributed by atoms with Gasteiger partial charge < -0.3 is 5.11 Å². The summed E-state index contributed by atoms with van der Waals surface area (Å²) in [6.45, 7) is 0.517. The summed E-state index contributed by atoms with van der Waals surface area (Å²) in [6, 6.07) is 7.42. The predicted molar refractivity (Wildman–Crippen MR) is 69.5 cm³/mol. The van der Waals surface area contributed by atoms with Gasteiger partial charge in [0.25, 0.3) is 0 Å². The van der Waals surface area contributed by atoms with Gasteiger partial charge in [-0.3, -0.25) is 0 Å². The number of rotatable bonds is 4. The highest BCUT2D eigenvalue weighted by Gasteiger charge is 2.33. The Balaban J connectivity index is 1.92. The number of benzene rings is 1. The Morgan fingerprint density at radius 3 is 2.63 bits per heavy atom. The van der Waals surface area contributed by atoms with E-state index in [9.17, 15) is 4.79 Å². The van der Waals surface area contributed by atoms with E-state index in [1.165, 1.54) is 0 Å². The molecule has 0 bridgehead atoms. The zero-order valence-corrected chi connectivity index (χ0v) is 10.8. The van der Waals surface area contributed by atoms with Crippen LogP contribution in [0.25, 0.3) is 0 Å². The monoisotopic (exact) mass is 277 g/mol. The molecule has 98 valence electrons. The minimum Gasteiger partial charge on any atom is -0.476 e. The van der Waals surface area contributed by atoms with Crippen LogP contribution in [-0.2, 0) is 6.54 Å². The highest BCUT2D eigenvalue weighted by Crippen LogP contribution is 2.41. The van der Waals surface area contributed by atoms with Gasteiger partial charge in [0.05, 0.1) is 12.2 Å². The van der Waals surface area contributed by atoms with Gasteiger partial charge in [0, 0.05) is 10.9 Å². The summed E-state index contributed by atoms with van der Waals surface area (Å²) >= 11 is 5.84. The fraction of sp³-hybridized carbons (Fsp3) is 0.308. The van der Waals surface area contributed by atoms with E-state index in [0.29, 0.717) is 11.6 Å². The smallest absolute Gasteiger partial charge is 0.358 e. The Morgan fingerprint density at radius 2 is 2.05 bits per heavy atom. The first-order valence-electron chi connectivity index (χ1n) is 6.06. The van der Waals surface area contributed by atoms with Gasteiger partial charge in [0.2, 0.25) is 0 Å². The molecule has 1 aliphatic carbocycles. The number of carboxylic acids is 1. The van der Waals surface area contributed by atoms with Crippen molar-refractivity contribution in [3.63, 3.8) is 0 Å². The largest absolute Gasteiger partial charge is 0.476 e. The minimum absolute atomic E-state index is 0.0801. The van der Waals surface area contributed by atoms with Gasteiger partial charge >= 0.3 is 5.97 Å². The van der Waals surface area contributed by atoms with Crippen molar-refractivity contribution in [2.75, 3.05) is 0 Å². The van der Waals surface area contributed by atoms with Crippen molar-refractivity contribution >= 4 is 17.6 Å². The first kappa shape index (κ1) is 12.2. The van der Waals surface area contributed by atoms with Gasteiger partial charge in [0.1, 0.15) is 0 Å². The van der Waals surface area contributed by atoms with Crippen LogP contribution in [0.4, 0.5) is 0 Å². The van der Waals surface area contributed by atoms with Crippen LogP contribution < -0.4 is 0 Å². The molecule has 1 aliphatic rings. The average Bonchev–Trinajstić information content (AvgIpc) is 3.13. The topological polar surface area (TPSA) is 68.0 Å². The number of nitrogens with zero attached hydrogens (tertiary/aromatic N) is 3. The lowest BCUT2D eigenvalue weighted by Gasteiger charge is -2.06. The molecule has 6 heteroatoms. The summed E-state index contributed by atoms with van der Waals surface area (Å²) in [5.41, 5.74) is 1.84. The SMILES string of the molecule is O=C(O)c1nnn(Cc2ccc(Cl)cc2)c1C1CC1. The summed E-state index contributed by atoms with van der Waals surface area (Å²) in [6.07, 6.45) is 2.02. The molecule has 1 heterocycles. The summed E-state index contributed by atoms with van der Waals surface area (Å²) in [5, 5.41) is 17.5. The molecule has 1 saturated carbocycles. The van der Waals surface area contributed by atoms with Crippen molar-refractivity contribution in [1.29, 1.82) is 0 Å². The zero-order chi connectivity index (χ0) is 13.4. The highest BCUT2D eigenvalue weighted by molar-refractivity contribution is 6.30. The third-order valence-corrected chi connectivity index (χ3v) is 3.44. The van der Waals surface area contributed by atoms with E-state index in [4.69, 9.17) is 16.7 Å². The van der Waals surface area contributed by atoms with Crippen molar-refractivity contribution in [1.82, 2.24) is 15.0 Å². The normalized spacial score (nSPS) is 14.6. The van der Waals surface area contributed by atoms with Crippen LogP contribution in [0.2, 0.25) is 5.02 Å². The maximum atomic E-state index is 11.1. The number of carbonyl (C=O) groups is 1. The van der Waals surface area contributed by atoms with Gasteiger partial charge in [-0.2, -0.15) is 0 Å². The first-order chi connectivity index (χ1) is 9.15. The molecule has 0 unspecified atom stereocenters. The minimum atomic E-state index is -1.01. The second-order valence-corrected chi connectivity index (χ2v) is 5.12. The Labute approximate surface area is 114 Å². The molecule has 0 radical (unpaired) electrons. The molecule has 0 atom stereocenters. The van der Waals surface area contributed by atoms with E-state index in [-0.39, 0.29) is 11.6 Å². The van der Waals surface area contributed by atoms with Crippen molar-refractivity contribution in [2.24, 2.45) is 0 Å². The molecule has 0 spiro atoms. The molecule has 0 aliphatic heterocycles. The number of aromatic carboxylic acids is 1. The molecule has 1 N–H and O–H groups in total. The molecule has 3 rings (SSSR count). The summed E-state index contributed by atoms with van der Waals surface area (Å²) in [7, 11) is 0. The number of hydrogen-bond donors (Lipinski definition) is 1. The second-order valence-electron chi connectivity index (χ2n) is 4.69. The maximum Gasteiger partial charge on any atom is 0.358 e. The lowest BCUT2D eigenvalue weighted by molar-refractivity contribution is 0.0689. The third kappa shape index (κ3) is 2.46. The molecule has 0 amide bonds. The van der Waals surface area contributed by atoms with Gasteiger partial charge in [-0.15, -0.1) is 5.10 Å². The van der Waals surface area contributed by atoms with Crippen molar-refractivity contribution in [3.8, 4) is 0 Å². The molecular formula is C13H12ClN3O2. The van der Waals surface area contributed by atoms with E-state index in [1.807, 2.05) is 24.3 Å². The second kappa shape index (κ2) is 4.66. The quantitative estimate of drug-likeness (QED) is 0.932. The van der Waals surface area contributed by atoms with Crippen molar-refractivity contribution < 1.29 is 9.90 Å². The molecule has 0 saturated heterocycles. The number of aromatic nitrogens is 3. The van der Waals surface area contributed by atoms with Crippen molar-refractivity contribution in [3.05, 3.63) is 46.2 Å². The predicted octanol–water partition coefficient (Wildman–Crippen LogP) is 2.56. The van der Waals surface area contributed by atoms with E-state index >= 15 is 0 Å². The van der Waals surface area contributed by atoms with E-state index < -0.39 is 5.97 Å². The van der Waals surface area contributed by atoms with Gasteiger partial charge in [0.15, 0.2) is 5.69 Å². The molecule has 1 aromatic heterocycles. The third-order valence-electron chi connectivity index (χ3n) is 3.19.